The Bertz CT molecular complexity index is 549. The molecule has 0 aliphatic heterocycles. The van der Waals surface area contributed by atoms with Gasteiger partial charge in [-0.2, -0.15) is 4.80 Å². The Balaban J connectivity index is 0.00000180. The number of ether oxygens (including phenoxy) is 1. The van der Waals surface area contributed by atoms with Gasteiger partial charge in [0.25, 0.3) is 0 Å². The van der Waals surface area contributed by atoms with Crippen LogP contribution in [-0.2, 0) is 13.7 Å². The third kappa shape index (κ3) is 4.84. The van der Waals surface area contributed by atoms with E-state index in [9.17, 15) is 12.9 Å². The first-order valence-electron chi connectivity index (χ1n) is 4.96. The molecule has 0 fully saturated rings. The molecular weight excluding hydrogens is 289 g/mol. The van der Waals surface area contributed by atoms with Gasteiger partial charge in [0.05, 0.1) is 13.2 Å². The van der Waals surface area contributed by atoms with Crippen LogP contribution in [-0.4, -0.2) is 32.2 Å². The van der Waals surface area contributed by atoms with Crippen molar-refractivity contribution in [3.8, 4) is 5.75 Å². The van der Waals surface area contributed by atoms with E-state index in [0.717, 1.165) is 12.3 Å². The summed E-state index contributed by atoms with van der Waals surface area (Å²) < 4.78 is 42.5. The van der Waals surface area contributed by atoms with E-state index in [1.165, 1.54) is 11.0 Å². The van der Waals surface area contributed by atoms with Crippen LogP contribution < -0.4 is 61.6 Å². The van der Waals surface area contributed by atoms with Crippen molar-refractivity contribution in [1.29, 1.82) is 0 Å². The molecule has 0 aromatic carbocycles. The zero-order valence-electron chi connectivity index (χ0n) is 10.3. The van der Waals surface area contributed by atoms with Gasteiger partial charge in [0.15, 0.2) is 6.61 Å². The van der Waals surface area contributed by atoms with E-state index in [1.807, 2.05) is 0 Å². The average Bonchev–Trinajstić information content (AvgIpc) is 2.72. The minimum atomic E-state index is -5.08. The summed E-state index contributed by atoms with van der Waals surface area (Å²) >= 11 is 0. The number of hydrogen-bond donors (Lipinski definition) is 0. The largest absolute Gasteiger partial charge is 1.00 e. The van der Waals surface area contributed by atoms with Crippen LogP contribution in [0.1, 0.15) is 5.82 Å². The topological polar surface area (TPSA) is 65.7 Å². The summed E-state index contributed by atoms with van der Waals surface area (Å²) in [4.78, 5) is 4.71. The van der Waals surface area contributed by atoms with Crippen LogP contribution in [0.2, 0.25) is 0 Å². The SMILES string of the molecule is Cn1nnc(COc2cncc([B-](F)(F)F)c2)n1.[K+]. The molecule has 0 aliphatic carbocycles. The van der Waals surface area contributed by atoms with Crippen molar-refractivity contribution in [2.75, 3.05) is 0 Å². The van der Waals surface area contributed by atoms with Crippen molar-refractivity contribution in [3.05, 3.63) is 24.3 Å². The van der Waals surface area contributed by atoms with Crippen LogP contribution in [0.25, 0.3) is 0 Å². The number of aromatic nitrogens is 5. The molecule has 0 unspecified atom stereocenters. The van der Waals surface area contributed by atoms with Gasteiger partial charge in [-0.25, -0.2) is 0 Å². The van der Waals surface area contributed by atoms with Crippen molar-refractivity contribution in [3.63, 3.8) is 0 Å². The molecule has 0 bridgehead atoms. The average molecular weight is 297 g/mol. The van der Waals surface area contributed by atoms with Crippen molar-refractivity contribution in [2.45, 2.75) is 6.61 Å². The molecule has 0 spiro atoms. The normalized spacial score (nSPS) is 10.9. The van der Waals surface area contributed by atoms with Crippen molar-refractivity contribution in [1.82, 2.24) is 25.2 Å². The Labute approximate surface area is 149 Å². The summed E-state index contributed by atoms with van der Waals surface area (Å²) in [5.41, 5.74) is -0.806. The van der Waals surface area contributed by atoms with E-state index in [1.54, 1.807) is 7.05 Å². The molecule has 6 nitrogen and oxygen atoms in total. The van der Waals surface area contributed by atoms with Gasteiger partial charge in [-0.15, -0.1) is 10.2 Å². The second-order valence-corrected chi connectivity index (χ2v) is 3.51. The summed E-state index contributed by atoms with van der Waals surface area (Å²) in [6.45, 7) is -5.15. The standard InChI is InChI=1S/C8H8BF3N5O.K/c1-17-15-8(14-16-17)5-18-7-2-6(3-13-4-7)9(10,11)12;/h2-4H,5H2,1H3;/q-1;+1. The predicted octanol–water partition coefficient (Wildman–Crippen LogP) is -2.76. The fourth-order valence-corrected chi connectivity index (χ4v) is 1.22. The van der Waals surface area contributed by atoms with Gasteiger partial charge in [0.2, 0.25) is 5.82 Å². The second kappa shape index (κ2) is 6.79. The number of aryl methyl sites for hydroxylation is 1. The number of nitrogens with zero attached hydrogens (tertiary/aromatic N) is 5. The molecule has 2 heterocycles. The molecule has 0 atom stereocenters. The van der Waals surface area contributed by atoms with Gasteiger partial charge in [-0.05, 0) is 11.3 Å². The smallest absolute Gasteiger partial charge is 0.484 e. The minimum absolute atomic E-state index is 0. The Hall–Kier alpha value is -0.489. The number of halogens is 3. The number of hydrogen-bond acceptors (Lipinski definition) is 5. The minimum Gasteiger partial charge on any atom is -0.484 e. The Kier molecular flexibility index (Phi) is 5.92. The summed E-state index contributed by atoms with van der Waals surface area (Å²) in [7, 11) is 1.57. The maximum atomic E-state index is 12.5. The molecule has 0 N–H and O–H groups in total. The molecule has 19 heavy (non-hydrogen) atoms. The van der Waals surface area contributed by atoms with Gasteiger partial charge in [0.1, 0.15) is 5.75 Å². The Morgan fingerprint density at radius 3 is 2.63 bits per heavy atom. The molecule has 96 valence electrons. The molecule has 2 aromatic heterocycles. The van der Waals surface area contributed by atoms with Crippen LogP contribution in [0.15, 0.2) is 18.5 Å². The van der Waals surface area contributed by atoms with Crippen LogP contribution in [0, 0.1) is 0 Å². The third-order valence-corrected chi connectivity index (χ3v) is 2.03. The Morgan fingerprint density at radius 1 is 1.32 bits per heavy atom. The van der Waals surface area contributed by atoms with Gasteiger partial charge < -0.3 is 17.7 Å². The summed E-state index contributed by atoms with van der Waals surface area (Å²) in [5, 5.41) is 11.0. The van der Waals surface area contributed by atoms with Crippen molar-refractivity contribution >= 4 is 12.4 Å². The van der Waals surface area contributed by atoms with E-state index >= 15 is 0 Å². The molecule has 0 aliphatic rings. The summed E-state index contributed by atoms with van der Waals surface area (Å²) in [6.07, 6.45) is 1.95. The van der Waals surface area contributed by atoms with Gasteiger partial charge in [-0.3, -0.25) is 4.98 Å². The first-order valence-corrected chi connectivity index (χ1v) is 4.96. The van der Waals surface area contributed by atoms with Gasteiger partial charge >= 0.3 is 58.4 Å². The summed E-state index contributed by atoms with van der Waals surface area (Å²) in [6, 6.07) is 0.892. The van der Waals surface area contributed by atoms with Crippen molar-refractivity contribution in [2.24, 2.45) is 7.05 Å². The van der Waals surface area contributed by atoms with E-state index in [2.05, 4.69) is 20.4 Å². The monoisotopic (exact) mass is 297 g/mol. The third-order valence-electron chi connectivity index (χ3n) is 2.03. The molecular formula is C8H8BF3KN5O. The van der Waals surface area contributed by atoms with Gasteiger partial charge in [0, 0.05) is 6.20 Å². The second-order valence-electron chi connectivity index (χ2n) is 3.51. The summed E-state index contributed by atoms with van der Waals surface area (Å²) in [5.74, 6) is 0.291. The van der Waals surface area contributed by atoms with Crippen LogP contribution >= 0.6 is 0 Å². The molecule has 0 saturated carbocycles. The quantitative estimate of drug-likeness (QED) is 0.572. The van der Waals surface area contributed by atoms with Crippen molar-refractivity contribution < 1.29 is 69.1 Å². The molecule has 2 aromatic rings. The fraction of sp³-hybridized carbons (Fsp3) is 0.250. The zero-order chi connectivity index (χ0) is 13.2. The number of tetrazole rings is 1. The van der Waals surface area contributed by atoms with Crippen LogP contribution in [0.3, 0.4) is 0 Å². The van der Waals surface area contributed by atoms with Crippen LogP contribution in [0.5, 0.6) is 5.75 Å². The Morgan fingerprint density at radius 2 is 2.05 bits per heavy atom. The maximum Gasteiger partial charge on any atom is 1.00 e. The molecule has 0 radical (unpaired) electrons. The molecule has 0 amide bonds. The maximum absolute atomic E-state index is 12.5. The fourth-order valence-electron chi connectivity index (χ4n) is 1.22. The van der Waals surface area contributed by atoms with E-state index < -0.39 is 12.4 Å². The molecule has 11 heteroatoms. The zero-order valence-corrected chi connectivity index (χ0v) is 13.4. The molecule has 2 rings (SSSR count). The van der Waals surface area contributed by atoms with Crippen LogP contribution in [0.4, 0.5) is 12.9 Å². The molecule has 0 saturated heterocycles. The number of pyridine rings is 1. The van der Waals surface area contributed by atoms with E-state index in [4.69, 9.17) is 4.74 Å². The van der Waals surface area contributed by atoms with Gasteiger partial charge in [-0.1, -0.05) is 5.46 Å². The predicted molar refractivity (Wildman–Crippen MR) is 56.1 cm³/mol. The van der Waals surface area contributed by atoms with E-state index in [0.29, 0.717) is 0 Å². The number of rotatable bonds is 4. The first-order chi connectivity index (χ1) is 8.45. The van der Waals surface area contributed by atoms with E-state index in [-0.39, 0.29) is 69.6 Å². The first kappa shape index (κ1) is 16.6.